The van der Waals surface area contributed by atoms with E-state index in [1.54, 1.807) is 0 Å². The zero-order valence-electron chi connectivity index (χ0n) is 14.6. The van der Waals surface area contributed by atoms with Gasteiger partial charge in [-0.05, 0) is 43.9 Å². The van der Waals surface area contributed by atoms with Crippen LogP contribution in [0.5, 0.6) is 5.75 Å². The minimum Gasteiger partial charge on any atom is -0.491 e. The van der Waals surface area contributed by atoms with Crippen LogP contribution in [0.15, 0.2) is 47.4 Å². The molecule has 2 rings (SSSR count). The number of hydrogen-bond donors (Lipinski definition) is 0. The predicted octanol–water partition coefficient (Wildman–Crippen LogP) is 5.56. The van der Waals surface area contributed by atoms with E-state index >= 15 is 0 Å². The monoisotopic (exact) mass is 332 g/mol. The van der Waals surface area contributed by atoms with Gasteiger partial charge in [-0.3, -0.25) is 0 Å². The summed E-state index contributed by atoms with van der Waals surface area (Å²) >= 11 is 1.84. The van der Waals surface area contributed by atoms with Crippen molar-refractivity contribution in [3.8, 4) is 5.75 Å². The lowest BCUT2D eigenvalue weighted by atomic mass is 10.0. The predicted molar refractivity (Wildman–Crippen MR) is 100 cm³/mol. The molecule has 0 aromatic heterocycles. The second-order valence-electron chi connectivity index (χ2n) is 6.40. The summed E-state index contributed by atoms with van der Waals surface area (Å²) in [6.07, 6.45) is 7.98. The molecule has 0 saturated heterocycles. The summed E-state index contributed by atoms with van der Waals surface area (Å²) in [6, 6.07) is 8.39. The lowest BCUT2D eigenvalue weighted by molar-refractivity contribution is -0.00349. The quantitative estimate of drug-likeness (QED) is 0.590. The van der Waals surface area contributed by atoms with Crippen LogP contribution in [0.1, 0.15) is 45.6 Å². The van der Waals surface area contributed by atoms with Crippen molar-refractivity contribution in [2.75, 3.05) is 12.4 Å². The number of thioether (sulfide) groups is 1. The highest BCUT2D eigenvalue weighted by Gasteiger charge is 2.14. The standard InChI is InChI=1S/C20H28O2S/c1-15(2)17-9-11-18(12-10-17)21-13-19(22-16(3)4)14-23-20-7-5-6-8-20/h5,7-12,15-16,19H,6,13-14H2,1-4H3. The lowest BCUT2D eigenvalue weighted by Gasteiger charge is -2.21. The first-order chi connectivity index (χ1) is 11.0. The maximum Gasteiger partial charge on any atom is 0.119 e. The maximum atomic E-state index is 6.00. The Balaban J connectivity index is 1.85. The fourth-order valence-electron chi connectivity index (χ4n) is 2.38. The molecule has 0 fully saturated rings. The summed E-state index contributed by atoms with van der Waals surface area (Å²) in [7, 11) is 0. The first-order valence-electron chi connectivity index (χ1n) is 8.42. The van der Waals surface area contributed by atoms with Crippen LogP contribution in [0, 0.1) is 0 Å². The molecular formula is C20H28O2S. The van der Waals surface area contributed by atoms with Crippen LogP contribution in [-0.2, 0) is 4.74 Å². The molecule has 1 aromatic carbocycles. The van der Waals surface area contributed by atoms with E-state index in [9.17, 15) is 0 Å². The zero-order valence-corrected chi connectivity index (χ0v) is 15.4. The molecule has 1 unspecified atom stereocenters. The van der Waals surface area contributed by atoms with Crippen molar-refractivity contribution in [2.24, 2.45) is 0 Å². The molecule has 1 atom stereocenters. The van der Waals surface area contributed by atoms with Crippen LogP contribution in [0.3, 0.4) is 0 Å². The third-order valence-corrected chi connectivity index (χ3v) is 4.79. The van der Waals surface area contributed by atoms with E-state index in [4.69, 9.17) is 9.47 Å². The van der Waals surface area contributed by atoms with Gasteiger partial charge in [0.15, 0.2) is 0 Å². The minimum atomic E-state index is 0.0969. The number of allylic oxidation sites excluding steroid dienone is 3. The Morgan fingerprint density at radius 3 is 2.39 bits per heavy atom. The Hall–Kier alpha value is -1.19. The lowest BCUT2D eigenvalue weighted by Crippen LogP contribution is -2.27. The average Bonchev–Trinajstić information content (AvgIpc) is 3.03. The fourth-order valence-corrected chi connectivity index (χ4v) is 3.34. The molecule has 0 aliphatic heterocycles. The molecule has 0 radical (unpaired) electrons. The van der Waals surface area contributed by atoms with Gasteiger partial charge in [0.1, 0.15) is 18.5 Å². The fraction of sp³-hybridized carbons (Fsp3) is 0.500. The van der Waals surface area contributed by atoms with Crippen molar-refractivity contribution in [1.29, 1.82) is 0 Å². The first-order valence-corrected chi connectivity index (χ1v) is 9.41. The molecule has 0 spiro atoms. The molecule has 0 amide bonds. The zero-order chi connectivity index (χ0) is 16.7. The van der Waals surface area contributed by atoms with E-state index in [0.29, 0.717) is 12.5 Å². The second kappa shape index (κ2) is 9.19. The van der Waals surface area contributed by atoms with Crippen LogP contribution in [0.2, 0.25) is 0 Å². The van der Waals surface area contributed by atoms with Gasteiger partial charge in [-0.2, -0.15) is 0 Å². The van der Waals surface area contributed by atoms with E-state index in [1.165, 1.54) is 10.5 Å². The van der Waals surface area contributed by atoms with Crippen molar-refractivity contribution in [1.82, 2.24) is 0 Å². The topological polar surface area (TPSA) is 18.5 Å². The van der Waals surface area contributed by atoms with Gasteiger partial charge in [0.05, 0.1) is 6.10 Å². The molecule has 0 heterocycles. The number of hydrogen-bond acceptors (Lipinski definition) is 3. The van der Waals surface area contributed by atoms with Crippen molar-refractivity contribution >= 4 is 11.8 Å². The number of rotatable bonds is 9. The molecule has 1 aromatic rings. The first kappa shape index (κ1) is 18.2. The molecule has 23 heavy (non-hydrogen) atoms. The Morgan fingerprint density at radius 2 is 1.83 bits per heavy atom. The summed E-state index contributed by atoms with van der Waals surface area (Å²) in [5, 5.41) is 0. The van der Waals surface area contributed by atoms with Crippen LogP contribution < -0.4 is 4.74 Å². The van der Waals surface area contributed by atoms with Gasteiger partial charge in [0.25, 0.3) is 0 Å². The molecule has 2 nitrogen and oxygen atoms in total. The van der Waals surface area contributed by atoms with Gasteiger partial charge >= 0.3 is 0 Å². The van der Waals surface area contributed by atoms with Gasteiger partial charge in [-0.1, -0.05) is 44.2 Å². The molecule has 0 saturated carbocycles. The second-order valence-corrected chi connectivity index (χ2v) is 7.49. The highest BCUT2D eigenvalue weighted by molar-refractivity contribution is 8.03. The van der Waals surface area contributed by atoms with Gasteiger partial charge in [-0.25, -0.2) is 0 Å². The van der Waals surface area contributed by atoms with E-state index in [1.807, 2.05) is 11.8 Å². The molecule has 126 valence electrons. The van der Waals surface area contributed by atoms with Crippen molar-refractivity contribution < 1.29 is 9.47 Å². The summed E-state index contributed by atoms with van der Waals surface area (Å²) in [5.74, 6) is 2.38. The average molecular weight is 333 g/mol. The minimum absolute atomic E-state index is 0.0969. The van der Waals surface area contributed by atoms with Gasteiger partial charge in [0, 0.05) is 10.7 Å². The summed E-state index contributed by atoms with van der Waals surface area (Å²) in [6.45, 7) is 9.13. The Bertz CT molecular complexity index is 529. The van der Waals surface area contributed by atoms with Crippen LogP contribution in [0.25, 0.3) is 0 Å². The summed E-state index contributed by atoms with van der Waals surface area (Å²) < 4.78 is 11.9. The van der Waals surface area contributed by atoms with E-state index in [2.05, 4.69) is 70.2 Å². The van der Waals surface area contributed by atoms with Gasteiger partial charge in [0.2, 0.25) is 0 Å². The Labute approximate surface area is 145 Å². The maximum absolute atomic E-state index is 6.00. The normalized spacial score (nSPS) is 15.3. The molecule has 1 aliphatic rings. The highest BCUT2D eigenvalue weighted by atomic mass is 32.2. The van der Waals surface area contributed by atoms with E-state index in [-0.39, 0.29) is 12.2 Å². The Morgan fingerprint density at radius 1 is 1.09 bits per heavy atom. The highest BCUT2D eigenvalue weighted by Crippen LogP contribution is 2.25. The van der Waals surface area contributed by atoms with Crippen LogP contribution in [0.4, 0.5) is 0 Å². The third kappa shape index (κ3) is 6.44. The number of benzene rings is 1. The molecular weight excluding hydrogens is 304 g/mol. The summed E-state index contributed by atoms with van der Waals surface area (Å²) in [4.78, 5) is 1.34. The summed E-state index contributed by atoms with van der Waals surface area (Å²) in [5.41, 5.74) is 1.34. The smallest absolute Gasteiger partial charge is 0.119 e. The SMILES string of the molecule is CC(C)OC(COc1ccc(C(C)C)cc1)CSC1=CCC=C1. The molecule has 0 N–H and O–H groups in total. The van der Waals surface area contributed by atoms with E-state index < -0.39 is 0 Å². The van der Waals surface area contributed by atoms with Crippen LogP contribution >= 0.6 is 11.8 Å². The molecule has 3 heteroatoms. The van der Waals surface area contributed by atoms with Crippen molar-refractivity contribution in [2.45, 2.75) is 52.2 Å². The van der Waals surface area contributed by atoms with Crippen molar-refractivity contribution in [3.05, 3.63) is 53.0 Å². The largest absolute Gasteiger partial charge is 0.491 e. The van der Waals surface area contributed by atoms with Crippen LogP contribution in [-0.4, -0.2) is 24.6 Å². The van der Waals surface area contributed by atoms with Gasteiger partial charge < -0.3 is 9.47 Å². The number of ether oxygens (including phenoxy) is 2. The third-order valence-electron chi connectivity index (χ3n) is 3.62. The van der Waals surface area contributed by atoms with Gasteiger partial charge in [-0.15, -0.1) is 11.8 Å². The van der Waals surface area contributed by atoms with E-state index in [0.717, 1.165) is 17.9 Å². The Kier molecular flexibility index (Phi) is 7.25. The molecule has 1 aliphatic carbocycles. The van der Waals surface area contributed by atoms with Crippen molar-refractivity contribution in [3.63, 3.8) is 0 Å². The molecule has 0 bridgehead atoms.